The van der Waals surface area contributed by atoms with Crippen LogP contribution in [0.1, 0.15) is 30.0 Å². The molecule has 0 aromatic heterocycles. The van der Waals surface area contributed by atoms with Crippen molar-refractivity contribution in [1.29, 1.82) is 0 Å². The normalized spacial score (nSPS) is 24.4. The maximum atomic E-state index is 12.7. The zero-order valence-corrected chi connectivity index (χ0v) is 12.6. The van der Waals surface area contributed by atoms with E-state index >= 15 is 0 Å². The zero-order chi connectivity index (χ0) is 16.6. The van der Waals surface area contributed by atoms with Gasteiger partial charge in [0.1, 0.15) is 0 Å². The standard InChI is InChI=1S/C16H19F3N2O2/c17-16(18,19)12-5-3-10(4-6-12)14(11-8-23-9-11)21-7-1-2-13(21)15(20)22/h3-6,11,13-14H,1-2,7-9H2,(H2,20,22)/t13-,14+/m1/s1. The molecule has 1 aromatic rings. The van der Waals surface area contributed by atoms with Crippen LogP contribution >= 0.6 is 0 Å². The molecule has 2 heterocycles. The summed E-state index contributed by atoms with van der Waals surface area (Å²) < 4.78 is 43.4. The van der Waals surface area contributed by atoms with E-state index in [0.29, 0.717) is 19.6 Å². The van der Waals surface area contributed by atoms with Crippen LogP contribution in [0.2, 0.25) is 0 Å². The Labute approximate surface area is 132 Å². The molecule has 0 radical (unpaired) electrons. The Hall–Kier alpha value is -1.60. The highest BCUT2D eigenvalue weighted by Crippen LogP contribution is 2.39. The highest BCUT2D eigenvalue weighted by molar-refractivity contribution is 5.80. The van der Waals surface area contributed by atoms with Crippen molar-refractivity contribution >= 4 is 5.91 Å². The number of hydrogen-bond acceptors (Lipinski definition) is 3. The third-order valence-corrected chi connectivity index (χ3v) is 4.67. The molecule has 2 saturated heterocycles. The van der Waals surface area contributed by atoms with Gasteiger partial charge in [-0.15, -0.1) is 0 Å². The van der Waals surface area contributed by atoms with Crippen molar-refractivity contribution in [3.8, 4) is 0 Å². The van der Waals surface area contributed by atoms with Gasteiger partial charge in [-0.2, -0.15) is 13.2 Å². The number of benzene rings is 1. The van der Waals surface area contributed by atoms with E-state index in [2.05, 4.69) is 0 Å². The second-order valence-corrected chi connectivity index (χ2v) is 6.16. The summed E-state index contributed by atoms with van der Waals surface area (Å²) in [6.45, 7) is 1.82. The number of halogens is 3. The first-order valence-corrected chi connectivity index (χ1v) is 7.68. The Kier molecular flexibility index (Phi) is 4.33. The molecule has 4 nitrogen and oxygen atoms in total. The van der Waals surface area contributed by atoms with E-state index in [9.17, 15) is 18.0 Å². The number of nitrogens with two attached hydrogens (primary N) is 1. The van der Waals surface area contributed by atoms with Crippen LogP contribution in [0.15, 0.2) is 24.3 Å². The van der Waals surface area contributed by atoms with Crippen LogP contribution in [0.4, 0.5) is 13.2 Å². The minimum atomic E-state index is -4.35. The molecule has 23 heavy (non-hydrogen) atoms. The molecule has 0 saturated carbocycles. The lowest BCUT2D eigenvalue weighted by Gasteiger charge is -2.41. The maximum absolute atomic E-state index is 12.7. The highest BCUT2D eigenvalue weighted by atomic mass is 19.4. The van der Waals surface area contributed by atoms with Gasteiger partial charge in [0.2, 0.25) is 5.91 Å². The van der Waals surface area contributed by atoms with Crippen molar-refractivity contribution in [2.75, 3.05) is 19.8 Å². The van der Waals surface area contributed by atoms with Crippen molar-refractivity contribution < 1.29 is 22.7 Å². The van der Waals surface area contributed by atoms with Crippen LogP contribution in [0.3, 0.4) is 0 Å². The van der Waals surface area contributed by atoms with Crippen molar-refractivity contribution in [3.05, 3.63) is 35.4 Å². The van der Waals surface area contributed by atoms with Gasteiger partial charge in [0.05, 0.1) is 24.8 Å². The number of hydrogen-bond donors (Lipinski definition) is 1. The van der Waals surface area contributed by atoms with Crippen molar-refractivity contribution in [1.82, 2.24) is 4.90 Å². The first kappa shape index (κ1) is 16.3. The molecule has 0 unspecified atom stereocenters. The molecule has 2 aliphatic heterocycles. The van der Waals surface area contributed by atoms with Crippen LogP contribution < -0.4 is 5.73 Å². The zero-order valence-electron chi connectivity index (χ0n) is 12.6. The Balaban J connectivity index is 1.89. The summed E-state index contributed by atoms with van der Waals surface area (Å²) in [4.78, 5) is 13.7. The first-order chi connectivity index (χ1) is 10.9. The third kappa shape index (κ3) is 3.21. The lowest BCUT2D eigenvalue weighted by atomic mass is 9.89. The quantitative estimate of drug-likeness (QED) is 0.923. The van der Waals surface area contributed by atoms with Crippen LogP contribution in [0.25, 0.3) is 0 Å². The number of carbonyl (C=O) groups is 1. The van der Waals surface area contributed by atoms with Crippen molar-refractivity contribution in [2.45, 2.75) is 31.1 Å². The summed E-state index contributed by atoms with van der Waals surface area (Å²) in [5.41, 5.74) is 5.59. The van der Waals surface area contributed by atoms with Gasteiger partial charge in [-0.25, -0.2) is 0 Å². The summed E-state index contributed by atoms with van der Waals surface area (Å²) in [6, 6.07) is 4.70. The average Bonchev–Trinajstić information content (AvgIpc) is 2.91. The van der Waals surface area contributed by atoms with Crippen LogP contribution in [-0.4, -0.2) is 36.6 Å². The van der Waals surface area contributed by atoms with Crippen molar-refractivity contribution in [3.63, 3.8) is 0 Å². The fraction of sp³-hybridized carbons (Fsp3) is 0.562. The Morgan fingerprint density at radius 3 is 2.39 bits per heavy atom. The van der Waals surface area contributed by atoms with E-state index in [1.165, 1.54) is 12.1 Å². The molecule has 0 spiro atoms. The molecule has 0 aliphatic carbocycles. The number of carbonyl (C=O) groups excluding carboxylic acids is 1. The monoisotopic (exact) mass is 328 g/mol. The topological polar surface area (TPSA) is 55.6 Å². The Morgan fingerprint density at radius 2 is 1.91 bits per heavy atom. The van der Waals surface area contributed by atoms with E-state index in [1.54, 1.807) is 0 Å². The van der Waals surface area contributed by atoms with E-state index in [0.717, 1.165) is 30.7 Å². The number of alkyl halides is 3. The number of rotatable bonds is 4. The van der Waals surface area contributed by atoms with Crippen LogP contribution in [-0.2, 0) is 15.7 Å². The summed E-state index contributed by atoms with van der Waals surface area (Å²) in [5.74, 6) is -0.202. The van der Waals surface area contributed by atoms with E-state index < -0.39 is 11.7 Å². The largest absolute Gasteiger partial charge is 0.416 e. The number of primary amides is 1. The van der Waals surface area contributed by atoms with Gasteiger partial charge >= 0.3 is 6.18 Å². The smallest absolute Gasteiger partial charge is 0.381 e. The summed E-state index contributed by atoms with van der Waals surface area (Å²) in [6.07, 6.45) is -2.80. The molecule has 0 bridgehead atoms. The molecule has 2 fully saturated rings. The predicted molar refractivity (Wildman–Crippen MR) is 77.4 cm³/mol. The summed E-state index contributed by atoms with van der Waals surface area (Å²) in [7, 11) is 0. The molecule has 2 atom stereocenters. The third-order valence-electron chi connectivity index (χ3n) is 4.67. The lowest BCUT2D eigenvalue weighted by Crippen LogP contribution is -2.48. The molecule has 1 aromatic carbocycles. The van der Waals surface area contributed by atoms with Gasteiger partial charge in [-0.1, -0.05) is 12.1 Å². The van der Waals surface area contributed by atoms with E-state index in [1.807, 2.05) is 4.90 Å². The number of amides is 1. The fourth-order valence-electron chi connectivity index (χ4n) is 3.47. The first-order valence-electron chi connectivity index (χ1n) is 7.68. The molecule has 2 N–H and O–H groups in total. The van der Waals surface area contributed by atoms with Gasteiger partial charge < -0.3 is 10.5 Å². The second kappa shape index (κ2) is 6.13. The Bertz CT molecular complexity index is 570. The van der Waals surface area contributed by atoms with Gasteiger partial charge in [-0.05, 0) is 37.1 Å². The van der Waals surface area contributed by atoms with Gasteiger partial charge in [0.15, 0.2) is 0 Å². The Morgan fingerprint density at radius 1 is 1.26 bits per heavy atom. The molecule has 1 amide bonds. The predicted octanol–water partition coefficient (Wildman–Crippen LogP) is 2.34. The number of likely N-dealkylation sites (tertiary alicyclic amines) is 1. The van der Waals surface area contributed by atoms with Crippen LogP contribution in [0.5, 0.6) is 0 Å². The molecular formula is C16H19F3N2O2. The second-order valence-electron chi connectivity index (χ2n) is 6.16. The molecule has 7 heteroatoms. The van der Waals surface area contributed by atoms with Gasteiger partial charge in [-0.3, -0.25) is 9.69 Å². The van der Waals surface area contributed by atoms with Crippen LogP contribution in [0, 0.1) is 5.92 Å². The average molecular weight is 328 g/mol. The number of nitrogens with zero attached hydrogens (tertiary/aromatic N) is 1. The summed E-state index contributed by atoms with van der Waals surface area (Å²) >= 11 is 0. The highest BCUT2D eigenvalue weighted by Gasteiger charge is 2.41. The molecular weight excluding hydrogens is 309 g/mol. The SMILES string of the molecule is NC(=O)[C@H]1CCCN1[C@@H](c1ccc(C(F)(F)F)cc1)C1COC1. The molecule has 2 aliphatic rings. The fourth-order valence-corrected chi connectivity index (χ4v) is 3.47. The maximum Gasteiger partial charge on any atom is 0.416 e. The molecule has 126 valence electrons. The number of ether oxygens (including phenoxy) is 1. The van der Waals surface area contributed by atoms with E-state index in [4.69, 9.17) is 10.5 Å². The van der Waals surface area contributed by atoms with E-state index in [-0.39, 0.29) is 23.9 Å². The molecule has 3 rings (SSSR count). The van der Waals surface area contributed by atoms with Gasteiger partial charge in [0, 0.05) is 12.0 Å². The minimum absolute atomic E-state index is 0.133. The van der Waals surface area contributed by atoms with Crippen molar-refractivity contribution in [2.24, 2.45) is 11.7 Å². The summed E-state index contributed by atoms with van der Waals surface area (Å²) in [5, 5.41) is 0. The van der Waals surface area contributed by atoms with Gasteiger partial charge in [0.25, 0.3) is 0 Å². The minimum Gasteiger partial charge on any atom is -0.381 e. The lowest BCUT2D eigenvalue weighted by molar-refractivity contribution is -0.137.